The summed E-state index contributed by atoms with van der Waals surface area (Å²) in [6, 6.07) is 15.9. The fourth-order valence-corrected chi connectivity index (χ4v) is 8.14. The first-order chi connectivity index (χ1) is 14.5. The van der Waals surface area contributed by atoms with Crippen molar-refractivity contribution in [1.29, 1.82) is 0 Å². The molecule has 31 heavy (non-hydrogen) atoms. The molecule has 0 radical (unpaired) electrons. The largest absolute Gasteiger partial charge is 0.456 e. The zero-order chi connectivity index (χ0) is 22.3. The summed E-state index contributed by atoms with van der Waals surface area (Å²) in [5.41, 5.74) is 3.88. The van der Waals surface area contributed by atoms with Gasteiger partial charge in [0.25, 0.3) is 0 Å². The van der Waals surface area contributed by atoms with Gasteiger partial charge in [0.15, 0.2) is 6.20 Å². The molecule has 5 rings (SSSR count). The van der Waals surface area contributed by atoms with Crippen LogP contribution in [0.5, 0.6) is 11.5 Å². The first-order valence-electron chi connectivity index (χ1n) is 11.2. The number of benzene rings is 3. The maximum atomic E-state index is 6.93. The lowest BCUT2D eigenvalue weighted by atomic mass is 9.92. The van der Waals surface area contributed by atoms with Crippen molar-refractivity contribution in [3.63, 3.8) is 0 Å². The molecule has 0 spiro atoms. The van der Waals surface area contributed by atoms with Gasteiger partial charge in [-0.1, -0.05) is 74.8 Å². The summed E-state index contributed by atoms with van der Waals surface area (Å²) in [6.07, 6.45) is 2.22. The molecule has 0 atom stereocenters. The normalized spacial score (nSPS) is 13.4. The van der Waals surface area contributed by atoms with E-state index in [9.17, 15) is 0 Å². The number of aryl methyl sites for hydroxylation is 2. The highest BCUT2D eigenvalue weighted by molar-refractivity contribution is 6.91. The molecule has 1 aliphatic rings. The zero-order valence-electron chi connectivity index (χ0n) is 20.0. The number of hydrogen-bond acceptors (Lipinski definition) is 1. The number of fused-ring (bicyclic) bond motifs is 3. The molecule has 0 aliphatic carbocycles. The van der Waals surface area contributed by atoms with Gasteiger partial charge in [-0.05, 0) is 39.9 Å². The molecule has 3 aromatic carbocycles. The lowest BCUT2D eigenvalue weighted by molar-refractivity contribution is -0.659. The van der Waals surface area contributed by atoms with Gasteiger partial charge in [0.1, 0.15) is 18.5 Å². The van der Waals surface area contributed by atoms with Crippen LogP contribution in [-0.4, -0.2) is 16.1 Å². The highest BCUT2D eigenvalue weighted by Crippen LogP contribution is 2.47. The Kier molecular flexibility index (Phi) is 4.31. The predicted molar refractivity (Wildman–Crippen MR) is 139 cm³/mol. The SMILES string of the molecule is Cc1c2c(c([Si](C)(C)C)c3ccccc13)Oc1cc([Si](C)(C)C)cc3cc[n+](C)c-2c13. The van der Waals surface area contributed by atoms with Gasteiger partial charge in [-0.2, -0.15) is 0 Å². The second kappa shape index (κ2) is 6.53. The smallest absolute Gasteiger partial charge is 0.228 e. The van der Waals surface area contributed by atoms with Crippen LogP contribution in [0.3, 0.4) is 0 Å². The Morgan fingerprint density at radius 1 is 0.839 bits per heavy atom. The van der Waals surface area contributed by atoms with Crippen LogP contribution >= 0.6 is 0 Å². The van der Waals surface area contributed by atoms with Crippen molar-refractivity contribution in [3.05, 3.63) is 54.2 Å². The average Bonchev–Trinajstić information content (AvgIpc) is 2.68. The number of aromatic nitrogens is 1. The Labute approximate surface area is 187 Å². The number of hydrogen-bond donors (Lipinski definition) is 0. The molecule has 1 aliphatic heterocycles. The summed E-state index contributed by atoms with van der Waals surface area (Å²) in [4.78, 5) is 0. The minimum atomic E-state index is -1.70. The quantitative estimate of drug-likeness (QED) is 0.242. The summed E-state index contributed by atoms with van der Waals surface area (Å²) in [7, 11) is -1.01. The standard InChI is InChI=1S/C27H32NOSi2/c1-17-20-11-9-10-12-21(20)27(31(6,7)8)26-23(17)25-24-18(13-14-28(25)2)15-19(30(3,4)5)16-22(24)29-26/h9-16H,1-8H3/q+1. The van der Waals surface area contributed by atoms with Crippen LogP contribution < -0.4 is 19.7 Å². The van der Waals surface area contributed by atoms with Crippen molar-refractivity contribution in [2.75, 3.05) is 0 Å². The van der Waals surface area contributed by atoms with Crippen LogP contribution in [0.15, 0.2) is 48.7 Å². The molecular formula is C27H32NOSi2+. The third kappa shape index (κ3) is 2.99. The van der Waals surface area contributed by atoms with Crippen molar-refractivity contribution < 1.29 is 9.30 Å². The maximum absolute atomic E-state index is 6.93. The van der Waals surface area contributed by atoms with E-state index >= 15 is 0 Å². The van der Waals surface area contributed by atoms with E-state index in [0.29, 0.717) is 0 Å². The highest BCUT2D eigenvalue weighted by atomic mass is 28.3. The van der Waals surface area contributed by atoms with Gasteiger partial charge in [-0.15, -0.1) is 0 Å². The summed E-state index contributed by atoms with van der Waals surface area (Å²) in [5, 5.41) is 8.13. The predicted octanol–water partition coefficient (Wildman–Crippen LogP) is 5.99. The summed E-state index contributed by atoms with van der Waals surface area (Å²) < 4.78 is 9.22. The number of rotatable bonds is 2. The minimum Gasteiger partial charge on any atom is -0.456 e. The van der Waals surface area contributed by atoms with Crippen molar-refractivity contribution in [2.24, 2.45) is 7.05 Å². The van der Waals surface area contributed by atoms with Gasteiger partial charge in [0.05, 0.1) is 27.1 Å². The molecule has 0 saturated carbocycles. The fourth-order valence-electron chi connectivity index (χ4n) is 5.10. The molecule has 1 aromatic heterocycles. The zero-order valence-corrected chi connectivity index (χ0v) is 22.0. The van der Waals surface area contributed by atoms with Crippen molar-refractivity contribution in [1.82, 2.24) is 0 Å². The molecule has 4 heteroatoms. The number of nitrogens with zero attached hydrogens (tertiary/aromatic N) is 1. The Balaban J connectivity index is 2.01. The Morgan fingerprint density at radius 2 is 1.52 bits per heavy atom. The molecule has 0 fully saturated rings. The molecule has 0 N–H and O–H groups in total. The van der Waals surface area contributed by atoms with Gasteiger partial charge in [-0.25, -0.2) is 4.57 Å². The Hall–Kier alpha value is -2.44. The van der Waals surface area contributed by atoms with Gasteiger partial charge in [-0.3, -0.25) is 0 Å². The minimum absolute atomic E-state index is 1.03. The van der Waals surface area contributed by atoms with Crippen molar-refractivity contribution >= 4 is 48.1 Å². The molecule has 2 nitrogen and oxygen atoms in total. The topological polar surface area (TPSA) is 13.1 Å². The van der Waals surface area contributed by atoms with E-state index in [0.717, 1.165) is 11.5 Å². The van der Waals surface area contributed by atoms with Crippen molar-refractivity contribution in [3.8, 4) is 22.8 Å². The van der Waals surface area contributed by atoms with Crippen LogP contribution in [0.2, 0.25) is 39.3 Å². The second-order valence-electron chi connectivity index (χ2n) is 11.1. The van der Waals surface area contributed by atoms with Crippen LogP contribution in [0.4, 0.5) is 0 Å². The first kappa shape index (κ1) is 20.5. The first-order valence-corrected chi connectivity index (χ1v) is 18.2. The number of ether oxygens (including phenoxy) is 1. The summed E-state index contributed by atoms with van der Waals surface area (Å²) in [5.74, 6) is 2.13. The fraction of sp³-hybridized carbons (Fsp3) is 0.296. The van der Waals surface area contributed by atoms with E-state index in [4.69, 9.17) is 4.74 Å². The summed E-state index contributed by atoms with van der Waals surface area (Å²) >= 11 is 0. The van der Waals surface area contributed by atoms with Gasteiger partial charge < -0.3 is 4.74 Å². The van der Waals surface area contributed by atoms with Crippen LogP contribution in [0.1, 0.15) is 5.56 Å². The average molecular weight is 443 g/mol. The van der Waals surface area contributed by atoms with Gasteiger partial charge >= 0.3 is 0 Å². The Morgan fingerprint density at radius 3 is 2.16 bits per heavy atom. The van der Waals surface area contributed by atoms with E-state index in [1.807, 2.05) is 0 Å². The molecular weight excluding hydrogens is 410 g/mol. The lowest BCUT2D eigenvalue weighted by Gasteiger charge is -2.30. The molecule has 0 bridgehead atoms. The third-order valence-corrected chi connectivity index (χ3v) is 10.7. The Bertz CT molecular complexity index is 1390. The molecule has 0 unspecified atom stereocenters. The van der Waals surface area contributed by atoms with Gasteiger partial charge in [0, 0.05) is 6.07 Å². The van der Waals surface area contributed by atoms with E-state index in [1.54, 1.807) is 0 Å². The molecule has 0 amide bonds. The monoisotopic (exact) mass is 442 g/mol. The van der Waals surface area contributed by atoms with Gasteiger partial charge in [0.2, 0.25) is 5.69 Å². The number of pyridine rings is 1. The van der Waals surface area contributed by atoms with Crippen LogP contribution in [0.25, 0.3) is 32.8 Å². The van der Waals surface area contributed by atoms with E-state index in [2.05, 4.69) is 106 Å². The lowest BCUT2D eigenvalue weighted by Crippen LogP contribution is -2.41. The van der Waals surface area contributed by atoms with E-state index in [-0.39, 0.29) is 0 Å². The van der Waals surface area contributed by atoms with E-state index < -0.39 is 16.1 Å². The second-order valence-corrected chi connectivity index (χ2v) is 21.1. The highest BCUT2D eigenvalue weighted by Gasteiger charge is 2.36. The molecule has 4 aromatic rings. The molecule has 0 saturated heterocycles. The third-order valence-electron chi connectivity index (χ3n) is 6.69. The van der Waals surface area contributed by atoms with Crippen molar-refractivity contribution in [2.45, 2.75) is 46.2 Å². The molecule has 158 valence electrons. The van der Waals surface area contributed by atoms with Crippen LogP contribution in [-0.2, 0) is 7.05 Å². The summed E-state index contributed by atoms with van der Waals surface area (Å²) in [6.45, 7) is 16.8. The maximum Gasteiger partial charge on any atom is 0.228 e. The molecule has 2 heterocycles. The van der Waals surface area contributed by atoms with Crippen LogP contribution in [0, 0.1) is 6.92 Å². The van der Waals surface area contributed by atoms with E-state index in [1.165, 1.54) is 48.7 Å².